The molecule has 1 aliphatic carbocycles. The molecule has 0 aliphatic heterocycles. The molecule has 1 heterocycles. The van der Waals surface area contributed by atoms with Crippen LogP contribution in [0.15, 0.2) is 4.52 Å². The van der Waals surface area contributed by atoms with Crippen molar-refractivity contribution in [2.24, 2.45) is 11.3 Å². The van der Waals surface area contributed by atoms with Crippen molar-refractivity contribution in [3.63, 3.8) is 0 Å². The highest BCUT2D eigenvalue weighted by molar-refractivity contribution is 5.26. The Morgan fingerprint density at radius 3 is 2.88 bits per heavy atom. The molecule has 92 valence electrons. The van der Waals surface area contributed by atoms with Crippen molar-refractivity contribution in [1.29, 1.82) is 5.26 Å². The average Bonchev–Trinajstić information content (AvgIpc) is 2.65. The first-order chi connectivity index (χ1) is 8.11. The number of hydrogen-bond donors (Lipinski definition) is 0. The summed E-state index contributed by atoms with van der Waals surface area (Å²) in [6, 6.07) is 2.29. The summed E-state index contributed by atoms with van der Waals surface area (Å²) in [4.78, 5) is 4.35. The van der Waals surface area contributed by atoms with Crippen LogP contribution in [0.3, 0.4) is 0 Å². The van der Waals surface area contributed by atoms with Crippen molar-refractivity contribution in [2.45, 2.75) is 32.6 Å². The maximum Gasteiger partial charge on any atom is 0.231 e. The van der Waals surface area contributed by atoms with Gasteiger partial charge in [0.1, 0.15) is 0 Å². The standard InChI is InChI=1S/C12H17N3O2/c1-12(2)8(7-13)10(12)11-14-9(15-17-11)5-4-6-16-3/h8,10H,4-6H2,1-3H3. The van der Waals surface area contributed by atoms with E-state index in [1.807, 2.05) is 0 Å². The third-order valence-electron chi connectivity index (χ3n) is 3.47. The summed E-state index contributed by atoms with van der Waals surface area (Å²) in [6.07, 6.45) is 1.63. The van der Waals surface area contributed by atoms with Crippen LogP contribution in [0.2, 0.25) is 0 Å². The lowest BCUT2D eigenvalue weighted by Crippen LogP contribution is -1.95. The first kappa shape index (κ1) is 12.1. The van der Waals surface area contributed by atoms with Gasteiger partial charge in [-0.3, -0.25) is 0 Å². The molecule has 2 unspecified atom stereocenters. The molecule has 0 spiro atoms. The third kappa shape index (κ3) is 2.18. The molecule has 0 saturated heterocycles. The zero-order valence-corrected chi connectivity index (χ0v) is 10.4. The van der Waals surface area contributed by atoms with E-state index >= 15 is 0 Å². The number of methoxy groups -OCH3 is 1. The van der Waals surface area contributed by atoms with E-state index in [1.54, 1.807) is 7.11 Å². The van der Waals surface area contributed by atoms with Crippen molar-refractivity contribution in [3.05, 3.63) is 11.7 Å². The summed E-state index contributed by atoms with van der Waals surface area (Å²) in [5.41, 5.74) is -0.0366. The van der Waals surface area contributed by atoms with Crippen LogP contribution in [0.25, 0.3) is 0 Å². The molecule has 2 atom stereocenters. The fourth-order valence-corrected chi connectivity index (χ4v) is 2.21. The molecule has 2 rings (SSSR count). The SMILES string of the molecule is COCCCc1noc(C2C(C#N)C2(C)C)n1. The van der Waals surface area contributed by atoms with Gasteiger partial charge in [0.2, 0.25) is 5.89 Å². The summed E-state index contributed by atoms with van der Waals surface area (Å²) in [5.74, 6) is 1.40. The topological polar surface area (TPSA) is 71.9 Å². The number of nitrogens with zero attached hydrogens (tertiary/aromatic N) is 3. The molecule has 0 bridgehead atoms. The van der Waals surface area contributed by atoms with E-state index in [9.17, 15) is 0 Å². The van der Waals surface area contributed by atoms with Crippen LogP contribution in [0.4, 0.5) is 0 Å². The van der Waals surface area contributed by atoms with Crippen LogP contribution in [-0.2, 0) is 11.2 Å². The van der Waals surface area contributed by atoms with Gasteiger partial charge in [0.25, 0.3) is 0 Å². The van der Waals surface area contributed by atoms with Gasteiger partial charge in [0, 0.05) is 20.1 Å². The highest BCUT2D eigenvalue weighted by atomic mass is 16.5. The van der Waals surface area contributed by atoms with Crippen molar-refractivity contribution >= 4 is 0 Å². The Bertz CT molecular complexity index is 433. The molecule has 5 nitrogen and oxygen atoms in total. The van der Waals surface area contributed by atoms with Crippen LogP contribution in [0.5, 0.6) is 0 Å². The minimum Gasteiger partial charge on any atom is -0.385 e. The van der Waals surface area contributed by atoms with Gasteiger partial charge in [-0.25, -0.2) is 0 Å². The lowest BCUT2D eigenvalue weighted by Gasteiger charge is -1.95. The van der Waals surface area contributed by atoms with E-state index < -0.39 is 0 Å². The molecule has 5 heteroatoms. The number of hydrogen-bond acceptors (Lipinski definition) is 5. The van der Waals surface area contributed by atoms with Gasteiger partial charge >= 0.3 is 0 Å². The molecule has 17 heavy (non-hydrogen) atoms. The molecule has 1 aromatic heterocycles. The van der Waals surface area contributed by atoms with E-state index in [0.29, 0.717) is 18.3 Å². The minimum absolute atomic E-state index is 0.00484. The first-order valence-corrected chi connectivity index (χ1v) is 5.82. The van der Waals surface area contributed by atoms with E-state index in [0.717, 1.165) is 12.8 Å². The molecule has 1 aromatic rings. The quantitative estimate of drug-likeness (QED) is 0.729. The van der Waals surface area contributed by atoms with E-state index in [-0.39, 0.29) is 17.3 Å². The van der Waals surface area contributed by atoms with Crippen LogP contribution < -0.4 is 0 Å². The Morgan fingerprint density at radius 1 is 1.53 bits per heavy atom. The van der Waals surface area contributed by atoms with E-state index in [4.69, 9.17) is 14.5 Å². The maximum absolute atomic E-state index is 9.00. The second-order valence-corrected chi connectivity index (χ2v) is 5.05. The van der Waals surface area contributed by atoms with Gasteiger partial charge in [-0.1, -0.05) is 19.0 Å². The Labute approximate surface area is 101 Å². The van der Waals surface area contributed by atoms with E-state index in [2.05, 4.69) is 30.1 Å². The fraction of sp³-hybridized carbons (Fsp3) is 0.750. The summed E-state index contributed by atoms with van der Waals surface area (Å²) < 4.78 is 10.2. The van der Waals surface area contributed by atoms with Crippen LogP contribution in [-0.4, -0.2) is 23.9 Å². The monoisotopic (exact) mass is 235 g/mol. The van der Waals surface area contributed by atoms with Crippen LogP contribution >= 0.6 is 0 Å². The van der Waals surface area contributed by atoms with Crippen molar-refractivity contribution in [1.82, 2.24) is 10.1 Å². The van der Waals surface area contributed by atoms with Gasteiger partial charge < -0.3 is 9.26 Å². The zero-order valence-electron chi connectivity index (χ0n) is 10.4. The molecule has 0 N–H and O–H groups in total. The molecule has 0 amide bonds. The zero-order chi connectivity index (χ0) is 12.5. The molecule has 1 saturated carbocycles. The predicted molar refractivity (Wildman–Crippen MR) is 60.1 cm³/mol. The van der Waals surface area contributed by atoms with Crippen molar-refractivity contribution in [2.75, 3.05) is 13.7 Å². The molecular formula is C12H17N3O2. The van der Waals surface area contributed by atoms with E-state index in [1.165, 1.54) is 0 Å². The molecule has 1 fully saturated rings. The van der Waals surface area contributed by atoms with Crippen molar-refractivity contribution < 1.29 is 9.26 Å². The Balaban J connectivity index is 1.98. The number of aromatic nitrogens is 2. The molecule has 0 aromatic carbocycles. The number of rotatable bonds is 5. The van der Waals surface area contributed by atoms with Crippen LogP contribution in [0.1, 0.15) is 37.9 Å². The third-order valence-corrected chi connectivity index (χ3v) is 3.47. The molecule has 0 radical (unpaired) electrons. The normalized spacial score (nSPS) is 25.5. The Morgan fingerprint density at radius 2 is 2.29 bits per heavy atom. The number of ether oxygens (including phenoxy) is 1. The maximum atomic E-state index is 9.00. The van der Waals surface area contributed by atoms with Gasteiger partial charge in [0.05, 0.1) is 17.9 Å². The van der Waals surface area contributed by atoms with Gasteiger partial charge in [0.15, 0.2) is 5.82 Å². The van der Waals surface area contributed by atoms with Gasteiger partial charge in [-0.15, -0.1) is 0 Å². The largest absolute Gasteiger partial charge is 0.385 e. The highest BCUT2D eigenvalue weighted by Crippen LogP contribution is 2.63. The van der Waals surface area contributed by atoms with Gasteiger partial charge in [-0.05, 0) is 11.8 Å². The van der Waals surface area contributed by atoms with Crippen LogP contribution in [0, 0.1) is 22.7 Å². The number of nitriles is 1. The summed E-state index contributed by atoms with van der Waals surface area (Å²) in [5, 5.41) is 12.9. The fourth-order valence-electron chi connectivity index (χ4n) is 2.21. The van der Waals surface area contributed by atoms with Crippen molar-refractivity contribution in [3.8, 4) is 6.07 Å². The Hall–Kier alpha value is -1.41. The minimum atomic E-state index is -0.0366. The summed E-state index contributed by atoms with van der Waals surface area (Å²) in [7, 11) is 1.67. The van der Waals surface area contributed by atoms with Gasteiger partial charge in [-0.2, -0.15) is 10.2 Å². The average molecular weight is 235 g/mol. The Kier molecular flexibility index (Phi) is 3.16. The second kappa shape index (κ2) is 4.46. The summed E-state index contributed by atoms with van der Waals surface area (Å²) >= 11 is 0. The molecular weight excluding hydrogens is 218 g/mol. The predicted octanol–water partition coefficient (Wildman–Crippen LogP) is 1.91. The second-order valence-electron chi connectivity index (χ2n) is 5.05. The lowest BCUT2D eigenvalue weighted by atomic mass is 10.1. The number of aryl methyl sites for hydroxylation is 1. The first-order valence-electron chi connectivity index (χ1n) is 5.82. The summed E-state index contributed by atoms with van der Waals surface area (Å²) in [6.45, 7) is 4.81. The smallest absolute Gasteiger partial charge is 0.231 e. The molecule has 1 aliphatic rings. The lowest BCUT2D eigenvalue weighted by molar-refractivity contribution is 0.194. The highest BCUT2D eigenvalue weighted by Gasteiger charge is 2.62.